The number of carboxylic acids is 1. The molecule has 0 saturated carbocycles. The molecule has 106 heavy (non-hydrogen) atoms. The lowest BCUT2D eigenvalue weighted by Gasteiger charge is -2.20. The highest BCUT2D eigenvalue weighted by molar-refractivity contribution is 7.47. The first kappa shape index (κ1) is 102. The van der Waals surface area contributed by atoms with Gasteiger partial charge in [0.25, 0.3) is 0 Å². The van der Waals surface area contributed by atoms with Crippen LogP contribution in [0.25, 0.3) is 0 Å². The van der Waals surface area contributed by atoms with Crippen LogP contribution in [0, 0.1) is 0 Å². The molecule has 1 unspecified atom stereocenters. The van der Waals surface area contributed by atoms with Crippen LogP contribution in [0.5, 0.6) is 0 Å². The van der Waals surface area contributed by atoms with Crippen molar-refractivity contribution >= 4 is 31.6 Å². The second kappa shape index (κ2) is 86.2. The van der Waals surface area contributed by atoms with E-state index in [1.54, 1.807) is 0 Å². The standard InChI is InChI=1S/C49H92NO55P/c1-3-5-7-9-11-13-15-17-19-21-23-25-27-29-31-33-48(54)60-41-45(65-49(55)34-32-30-28-26-24-22-20-18-16-14-12-10-8-6-4-2)42-64-106(56,57)63-36-35-50-46(51)43-58-37-39-61-66-68-70-72-74-76-78-80-82-84-86-88-90-92-94-96-98-100-102-104-105-103-101-99-97-95-93-91-89-87-85-83-81-79-77-75-73-71-69-67-62-40-38-59-44-47(52)53/h38,40,45H,3-37,39,41-44H2,1-2H3,(H,50,51)(H,52,53)(H,56,57)/b40-38-/t45-/m1/s1. The Balaban J connectivity index is 3.87. The number of carbonyl (C=O) groups is 4. The average molecular weight is 1610 g/mol. The lowest BCUT2D eigenvalue weighted by atomic mass is 10.0. The number of carboxylic acid groups (broad SMARTS) is 1. The first-order valence-corrected chi connectivity index (χ1v) is 33.8. The molecule has 1 amide bonds. The topological polar surface area (TPSA) is 581 Å². The molecule has 0 fully saturated rings. The van der Waals surface area contributed by atoms with Crippen molar-refractivity contribution in [2.75, 3.05) is 52.8 Å². The Morgan fingerprint density at radius 2 is 0.660 bits per heavy atom. The number of hydrogen-bond acceptors (Lipinski definition) is 53. The normalized spacial score (nSPS) is 12.5. The van der Waals surface area contributed by atoms with Crippen LogP contribution < -0.4 is 5.32 Å². The van der Waals surface area contributed by atoms with Gasteiger partial charge in [0.15, 0.2) is 19.0 Å². The summed E-state index contributed by atoms with van der Waals surface area (Å²) in [4.78, 5) is 66.7. The Morgan fingerprint density at radius 1 is 0.349 bits per heavy atom. The highest BCUT2D eigenvalue weighted by atomic mass is 31.2. The molecule has 0 aliphatic carbocycles. The third-order valence-electron chi connectivity index (χ3n) is 11.9. The van der Waals surface area contributed by atoms with Gasteiger partial charge in [-0.3, -0.25) is 23.4 Å². The van der Waals surface area contributed by atoms with E-state index in [-0.39, 0.29) is 39.2 Å². The molecule has 56 nitrogen and oxygen atoms in total. The molecule has 0 rings (SSSR count). The summed E-state index contributed by atoms with van der Waals surface area (Å²) in [6, 6.07) is 0. The van der Waals surface area contributed by atoms with E-state index < -0.39 is 64.2 Å². The molecule has 628 valence electrons. The molecule has 0 aromatic rings. The van der Waals surface area contributed by atoms with Gasteiger partial charge in [-0.05, 0) is 53.1 Å². The fourth-order valence-electron chi connectivity index (χ4n) is 7.48. The van der Waals surface area contributed by atoms with Crippen molar-refractivity contribution in [1.82, 2.24) is 5.32 Å². The SMILES string of the molecule is CCCCCCCCCCCCCCCCCC(=O)OC[C@H](COP(=O)(O)OCCNC(=O)COCCOOOOOOOOOOOOOOOOOOOOOOOOOOOOOOOOOOOOOOOOOO/C=C\OCC(=O)O)OC(=O)CCCCCCCCCCCCCCCCC. The number of hydrogen-bond donors (Lipinski definition) is 3. The number of carbonyl (C=O) groups excluding carboxylic acids is 3. The smallest absolute Gasteiger partial charge is 0.472 e. The van der Waals surface area contributed by atoms with Gasteiger partial charge in [-0.15, -0.1) is 0 Å². The Bertz CT molecular complexity index is 1940. The Kier molecular flexibility index (Phi) is 82.7. The molecular weight excluding hydrogens is 1510 g/mol. The Morgan fingerprint density at radius 3 is 1.00 bits per heavy atom. The highest BCUT2D eigenvalue weighted by Crippen LogP contribution is 2.43. The Hall–Kier alpha value is -4.35. The van der Waals surface area contributed by atoms with Gasteiger partial charge >= 0.3 is 25.7 Å². The zero-order valence-corrected chi connectivity index (χ0v) is 58.4. The van der Waals surface area contributed by atoms with Gasteiger partial charge in [0.1, 0.15) is 26.1 Å². The minimum Gasteiger partial charge on any atom is -0.486 e. The van der Waals surface area contributed by atoms with Crippen LogP contribution in [0.15, 0.2) is 12.5 Å². The van der Waals surface area contributed by atoms with Crippen LogP contribution in [0.1, 0.15) is 219 Å². The van der Waals surface area contributed by atoms with Gasteiger partial charge in [0.05, 0.1) is 19.8 Å². The average Bonchev–Trinajstić information content (AvgIpc) is 0.922. The molecule has 0 spiro atoms. The molecule has 2 atom stereocenters. The lowest BCUT2D eigenvalue weighted by molar-refractivity contribution is -0.909. The third kappa shape index (κ3) is 86.9. The van der Waals surface area contributed by atoms with E-state index in [4.69, 9.17) is 28.4 Å². The number of rotatable bonds is 92. The number of ether oxygens (including phenoxy) is 4. The van der Waals surface area contributed by atoms with Gasteiger partial charge in [-0.25, -0.2) is 14.2 Å². The van der Waals surface area contributed by atoms with Crippen LogP contribution in [0.4, 0.5) is 0 Å². The van der Waals surface area contributed by atoms with E-state index in [2.05, 4.69) is 235 Å². The van der Waals surface area contributed by atoms with Crippen LogP contribution >= 0.6 is 7.82 Å². The van der Waals surface area contributed by atoms with Gasteiger partial charge in [0.2, 0.25) is 5.91 Å². The maximum atomic E-state index is 12.9. The monoisotopic (exact) mass is 1610 g/mol. The number of nitrogens with one attached hydrogen (secondary N) is 1. The van der Waals surface area contributed by atoms with E-state index in [1.165, 1.54) is 135 Å². The summed E-state index contributed by atoms with van der Waals surface area (Å²) < 4.78 is 43.2. The molecule has 3 N–H and O–H groups in total. The molecule has 57 heteroatoms. The zero-order valence-electron chi connectivity index (χ0n) is 57.5. The molecule has 0 bridgehead atoms. The second-order valence-corrected chi connectivity index (χ2v) is 21.3. The predicted molar refractivity (Wildman–Crippen MR) is 299 cm³/mol. The molecule has 0 aromatic carbocycles. The van der Waals surface area contributed by atoms with Gasteiger partial charge in [-0.2, -0.15) is 0 Å². The van der Waals surface area contributed by atoms with Crippen LogP contribution in [0.3, 0.4) is 0 Å². The third-order valence-corrected chi connectivity index (χ3v) is 12.9. The molecule has 0 aliphatic heterocycles. The number of unbranched alkanes of at least 4 members (excludes halogenated alkanes) is 28. The van der Waals surface area contributed by atoms with E-state index in [0.717, 1.165) is 51.2 Å². The lowest BCUT2D eigenvalue weighted by Crippen LogP contribution is -2.31. The van der Waals surface area contributed by atoms with Crippen molar-refractivity contribution < 1.29 is 273 Å². The van der Waals surface area contributed by atoms with Crippen molar-refractivity contribution in [1.29, 1.82) is 0 Å². The van der Waals surface area contributed by atoms with Crippen LogP contribution in [0.2, 0.25) is 0 Å². The summed E-state index contributed by atoms with van der Waals surface area (Å²) in [5, 5.41) is 155. The molecule has 0 radical (unpaired) electrons. The summed E-state index contributed by atoms with van der Waals surface area (Å²) in [5.41, 5.74) is 0. The molecule has 0 aromatic heterocycles. The van der Waals surface area contributed by atoms with Crippen molar-refractivity contribution in [3.05, 3.63) is 12.5 Å². The minimum atomic E-state index is -4.74. The maximum Gasteiger partial charge on any atom is 0.472 e. The molecule has 0 saturated heterocycles. The minimum absolute atomic E-state index is 0.117. The molecule has 0 aliphatic rings. The molecular formula is C49H92NO55P. The fourth-order valence-corrected chi connectivity index (χ4v) is 8.23. The van der Waals surface area contributed by atoms with E-state index >= 15 is 0 Å². The van der Waals surface area contributed by atoms with Crippen LogP contribution in [-0.2, 0) is 263 Å². The van der Waals surface area contributed by atoms with Crippen LogP contribution in [-0.4, -0.2) is 92.7 Å². The summed E-state index contributed by atoms with van der Waals surface area (Å²) in [5.74, 6) is -2.94. The highest BCUT2D eigenvalue weighted by Gasteiger charge is 2.26. The first-order chi connectivity index (χ1) is 52.1. The van der Waals surface area contributed by atoms with Gasteiger partial charge in [-0.1, -0.05) is 194 Å². The zero-order chi connectivity index (χ0) is 76.7. The van der Waals surface area contributed by atoms with E-state index in [1.807, 2.05) is 0 Å². The van der Waals surface area contributed by atoms with Crippen molar-refractivity contribution in [2.24, 2.45) is 0 Å². The number of phosphoric acid groups is 1. The number of phosphoric ester groups is 1. The van der Waals surface area contributed by atoms with Crippen molar-refractivity contribution in [3.8, 4) is 0 Å². The van der Waals surface area contributed by atoms with E-state index in [0.29, 0.717) is 19.1 Å². The largest absolute Gasteiger partial charge is 0.486 e. The summed E-state index contributed by atoms with van der Waals surface area (Å²) in [7, 11) is -4.74. The van der Waals surface area contributed by atoms with Gasteiger partial charge < -0.3 is 39.2 Å². The molecule has 0 heterocycles. The number of esters is 2. The Labute approximate surface area is 599 Å². The van der Waals surface area contributed by atoms with Crippen molar-refractivity contribution in [2.45, 2.75) is 225 Å². The fraction of sp³-hybridized carbons (Fsp3) is 0.878. The summed E-state index contributed by atoms with van der Waals surface area (Å²) in [6.07, 6.45) is 35.9. The quantitative estimate of drug-likeness (QED) is 0.0128. The van der Waals surface area contributed by atoms with E-state index in [9.17, 15) is 28.6 Å². The predicted octanol–water partition coefficient (Wildman–Crippen LogP) is 9.02. The van der Waals surface area contributed by atoms with Gasteiger partial charge in [0, 0.05) is 181 Å². The number of aliphatic carboxylic acids is 1. The first-order valence-electron chi connectivity index (χ1n) is 32.3. The number of amides is 1. The second-order valence-electron chi connectivity index (χ2n) is 19.8. The maximum absolute atomic E-state index is 12.9. The van der Waals surface area contributed by atoms with Crippen molar-refractivity contribution in [3.63, 3.8) is 0 Å². The summed E-state index contributed by atoms with van der Waals surface area (Å²) in [6.45, 7) is 1.05. The summed E-state index contributed by atoms with van der Waals surface area (Å²) >= 11 is 0.